The van der Waals surface area contributed by atoms with Gasteiger partial charge in [0.2, 0.25) is 5.91 Å². The van der Waals surface area contributed by atoms with Crippen molar-refractivity contribution in [3.63, 3.8) is 0 Å². The standard InChI is InChI=1S/C14H19N3O2/c1-2-17(9-13(15)18)14(19)11-4-3-10-5-6-16-8-12(10)7-11/h3-4,7,16H,2,5-6,8-9H2,1H3,(H2,15,18). The van der Waals surface area contributed by atoms with Gasteiger partial charge in [-0.25, -0.2) is 0 Å². The Hall–Kier alpha value is -1.88. The molecule has 0 unspecified atom stereocenters. The Bertz CT molecular complexity index is 499. The van der Waals surface area contributed by atoms with E-state index in [1.54, 1.807) is 0 Å². The quantitative estimate of drug-likeness (QED) is 0.817. The monoisotopic (exact) mass is 261 g/mol. The van der Waals surface area contributed by atoms with E-state index in [4.69, 9.17) is 5.73 Å². The number of likely N-dealkylation sites (N-methyl/N-ethyl adjacent to an activating group) is 1. The van der Waals surface area contributed by atoms with E-state index in [2.05, 4.69) is 5.32 Å². The molecule has 0 aromatic heterocycles. The number of nitrogens with one attached hydrogen (secondary N) is 1. The molecule has 19 heavy (non-hydrogen) atoms. The Morgan fingerprint density at radius 1 is 1.37 bits per heavy atom. The first-order valence-electron chi connectivity index (χ1n) is 6.52. The fourth-order valence-corrected chi connectivity index (χ4v) is 2.31. The molecule has 1 aliphatic rings. The van der Waals surface area contributed by atoms with Crippen molar-refractivity contribution in [2.75, 3.05) is 19.6 Å². The maximum absolute atomic E-state index is 12.3. The van der Waals surface area contributed by atoms with Gasteiger partial charge in [-0.05, 0) is 43.1 Å². The third kappa shape index (κ3) is 3.12. The van der Waals surface area contributed by atoms with Gasteiger partial charge in [-0.3, -0.25) is 9.59 Å². The lowest BCUT2D eigenvalue weighted by Crippen LogP contribution is -2.38. The number of carbonyl (C=O) groups excluding carboxylic acids is 2. The highest BCUT2D eigenvalue weighted by molar-refractivity contribution is 5.96. The van der Waals surface area contributed by atoms with Gasteiger partial charge in [0.1, 0.15) is 0 Å². The van der Waals surface area contributed by atoms with Gasteiger partial charge in [0.15, 0.2) is 0 Å². The van der Waals surface area contributed by atoms with Gasteiger partial charge in [-0.2, -0.15) is 0 Å². The third-order valence-electron chi connectivity index (χ3n) is 3.36. The molecule has 102 valence electrons. The highest BCUT2D eigenvalue weighted by atomic mass is 16.2. The molecule has 0 saturated carbocycles. The summed E-state index contributed by atoms with van der Waals surface area (Å²) in [4.78, 5) is 24.7. The molecule has 2 rings (SSSR count). The first-order chi connectivity index (χ1) is 9.11. The molecule has 1 aliphatic heterocycles. The molecule has 0 spiro atoms. The van der Waals surface area contributed by atoms with Crippen molar-refractivity contribution in [3.05, 3.63) is 34.9 Å². The number of fused-ring (bicyclic) bond motifs is 1. The minimum Gasteiger partial charge on any atom is -0.368 e. The predicted molar refractivity (Wildman–Crippen MR) is 72.6 cm³/mol. The summed E-state index contributed by atoms with van der Waals surface area (Å²) in [6, 6.07) is 5.74. The summed E-state index contributed by atoms with van der Waals surface area (Å²) < 4.78 is 0. The van der Waals surface area contributed by atoms with Crippen molar-refractivity contribution >= 4 is 11.8 Å². The molecule has 5 nitrogen and oxygen atoms in total. The van der Waals surface area contributed by atoms with Crippen LogP contribution in [0.4, 0.5) is 0 Å². The molecule has 0 fully saturated rings. The first-order valence-corrected chi connectivity index (χ1v) is 6.52. The summed E-state index contributed by atoms with van der Waals surface area (Å²) in [7, 11) is 0. The minimum atomic E-state index is -0.491. The van der Waals surface area contributed by atoms with E-state index in [1.165, 1.54) is 10.5 Å². The number of amides is 2. The minimum absolute atomic E-state index is 0.0370. The fourth-order valence-electron chi connectivity index (χ4n) is 2.31. The average Bonchev–Trinajstić information content (AvgIpc) is 2.43. The van der Waals surface area contributed by atoms with Crippen molar-refractivity contribution < 1.29 is 9.59 Å². The van der Waals surface area contributed by atoms with E-state index in [1.807, 2.05) is 25.1 Å². The molecule has 2 amide bonds. The van der Waals surface area contributed by atoms with Crippen LogP contribution in [0.3, 0.4) is 0 Å². The number of nitrogens with zero attached hydrogens (tertiary/aromatic N) is 1. The largest absolute Gasteiger partial charge is 0.368 e. The Kier molecular flexibility index (Phi) is 4.16. The van der Waals surface area contributed by atoms with Crippen molar-refractivity contribution in [3.8, 4) is 0 Å². The molecule has 0 aliphatic carbocycles. The van der Waals surface area contributed by atoms with Crippen LogP contribution in [0, 0.1) is 0 Å². The third-order valence-corrected chi connectivity index (χ3v) is 3.36. The number of hydrogen-bond donors (Lipinski definition) is 2. The van der Waals surface area contributed by atoms with Crippen molar-refractivity contribution in [2.24, 2.45) is 5.73 Å². The first kappa shape index (κ1) is 13.5. The van der Waals surface area contributed by atoms with Crippen LogP contribution in [-0.4, -0.2) is 36.3 Å². The zero-order chi connectivity index (χ0) is 13.8. The van der Waals surface area contributed by atoms with Gasteiger partial charge in [0, 0.05) is 18.7 Å². The molecule has 0 radical (unpaired) electrons. The summed E-state index contributed by atoms with van der Waals surface area (Å²) in [5.41, 5.74) is 8.21. The van der Waals surface area contributed by atoms with E-state index < -0.39 is 5.91 Å². The van der Waals surface area contributed by atoms with Crippen LogP contribution in [-0.2, 0) is 17.8 Å². The van der Waals surface area contributed by atoms with Crippen LogP contribution >= 0.6 is 0 Å². The number of carbonyl (C=O) groups is 2. The Morgan fingerprint density at radius 3 is 2.84 bits per heavy atom. The van der Waals surface area contributed by atoms with E-state index >= 15 is 0 Å². The summed E-state index contributed by atoms with van der Waals surface area (Å²) in [6.07, 6.45) is 0.989. The summed E-state index contributed by atoms with van der Waals surface area (Å²) in [6.45, 7) is 4.03. The lowest BCUT2D eigenvalue weighted by Gasteiger charge is -2.21. The van der Waals surface area contributed by atoms with Crippen LogP contribution in [0.5, 0.6) is 0 Å². The number of primary amides is 1. The van der Waals surface area contributed by atoms with Gasteiger partial charge < -0.3 is 16.0 Å². The predicted octanol–water partition coefficient (Wildman–Crippen LogP) is 0.280. The normalized spacial score (nSPS) is 13.7. The molecule has 5 heteroatoms. The molecular formula is C14H19N3O2. The van der Waals surface area contributed by atoms with Gasteiger partial charge >= 0.3 is 0 Å². The van der Waals surface area contributed by atoms with E-state index in [0.717, 1.165) is 25.1 Å². The summed E-state index contributed by atoms with van der Waals surface area (Å²) in [5.74, 6) is -0.635. The fraction of sp³-hybridized carbons (Fsp3) is 0.429. The van der Waals surface area contributed by atoms with Gasteiger partial charge in [0.25, 0.3) is 5.91 Å². The van der Waals surface area contributed by atoms with Crippen LogP contribution < -0.4 is 11.1 Å². The average molecular weight is 261 g/mol. The molecule has 0 bridgehead atoms. The zero-order valence-corrected chi connectivity index (χ0v) is 11.1. The number of hydrogen-bond acceptors (Lipinski definition) is 3. The number of nitrogens with two attached hydrogens (primary N) is 1. The lowest BCUT2D eigenvalue weighted by molar-refractivity contribution is -0.118. The molecule has 3 N–H and O–H groups in total. The van der Waals surface area contributed by atoms with Gasteiger partial charge in [-0.15, -0.1) is 0 Å². The van der Waals surface area contributed by atoms with E-state index in [9.17, 15) is 9.59 Å². The maximum atomic E-state index is 12.3. The molecular weight excluding hydrogens is 242 g/mol. The second kappa shape index (κ2) is 5.84. The Morgan fingerprint density at radius 2 is 2.16 bits per heavy atom. The summed E-state index contributed by atoms with van der Waals surface area (Å²) >= 11 is 0. The summed E-state index contributed by atoms with van der Waals surface area (Å²) in [5, 5.41) is 3.28. The molecule has 1 aromatic rings. The maximum Gasteiger partial charge on any atom is 0.254 e. The van der Waals surface area contributed by atoms with E-state index in [-0.39, 0.29) is 12.5 Å². The van der Waals surface area contributed by atoms with Crippen LogP contribution in [0.25, 0.3) is 0 Å². The van der Waals surface area contributed by atoms with Crippen LogP contribution in [0.15, 0.2) is 18.2 Å². The SMILES string of the molecule is CCN(CC(N)=O)C(=O)c1ccc2c(c1)CNCC2. The molecule has 0 atom stereocenters. The lowest BCUT2D eigenvalue weighted by atomic mass is 9.98. The number of benzene rings is 1. The molecule has 0 saturated heterocycles. The Balaban J connectivity index is 2.20. The van der Waals surface area contributed by atoms with Crippen LogP contribution in [0.2, 0.25) is 0 Å². The van der Waals surface area contributed by atoms with Gasteiger partial charge in [-0.1, -0.05) is 6.07 Å². The smallest absolute Gasteiger partial charge is 0.254 e. The molecule has 1 heterocycles. The Labute approximate surface area is 112 Å². The molecule has 1 aromatic carbocycles. The van der Waals surface area contributed by atoms with Crippen molar-refractivity contribution in [1.82, 2.24) is 10.2 Å². The topological polar surface area (TPSA) is 75.4 Å². The van der Waals surface area contributed by atoms with Crippen molar-refractivity contribution in [2.45, 2.75) is 19.9 Å². The van der Waals surface area contributed by atoms with Gasteiger partial charge in [0.05, 0.1) is 6.54 Å². The zero-order valence-electron chi connectivity index (χ0n) is 11.1. The van der Waals surface area contributed by atoms with Crippen molar-refractivity contribution in [1.29, 1.82) is 0 Å². The second-order valence-corrected chi connectivity index (χ2v) is 4.70. The number of rotatable bonds is 4. The van der Waals surface area contributed by atoms with E-state index in [0.29, 0.717) is 12.1 Å². The highest BCUT2D eigenvalue weighted by Crippen LogP contribution is 2.17. The second-order valence-electron chi connectivity index (χ2n) is 4.70. The highest BCUT2D eigenvalue weighted by Gasteiger charge is 2.18. The van der Waals surface area contributed by atoms with Crippen LogP contribution in [0.1, 0.15) is 28.4 Å².